The quantitative estimate of drug-likeness (QED) is 0.683. The van der Waals surface area contributed by atoms with Gasteiger partial charge in [-0.1, -0.05) is 42.0 Å². The second-order valence-electron chi connectivity index (χ2n) is 7.72. The molecule has 1 aliphatic rings. The number of nitrogens with zero attached hydrogens (tertiary/aromatic N) is 1. The third-order valence-electron chi connectivity index (χ3n) is 5.46. The lowest BCUT2D eigenvalue weighted by Crippen LogP contribution is -3.17. The van der Waals surface area contributed by atoms with Crippen molar-refractivity contribution >= 4 is 23.5 Å². The predicted molar refractivity (Wildman–Crippen MR) is 113 cm³/mol. The van der Waals surface area contributed by atoms with Gasteiger partial charge >= 0.3 is 5.97 Å². The summed E-state index contributed by atoms with van der Waals surface area (Å²) in [7, 11) is 2.96. The van der Waals surface area contributed by atoms with Gasteiger partial charge in [0.15, 0.2) is 12.6 Å². The average molecular weight is 410 g/mol. The smallest absolute Gasteiger partial charge is 0.365 e. The molecule has 0 saturated carbocycles. The minimum absolute atomic E-state index is 0.0561. The predicted octanol–water partition coefficient (Wildman–Crippen LogP) is 0.575. The number of benzene rings is 2. The van der Waals surface area contributed by atoms with Crippen LogP contribution in [-0.2, 0) is 32.1 Å². The van der Waals surface area contributed by atoms with Crippen molar-refractivity contribution in [3.8, 4) is 0 Å². The Morgan fingerprint density at radius 1 is 1.10 bits per heavy atom. The van der Waals surface area contributed by atoms with Crippen LogP contribution in [0.15, 0.2) is 48.5 Å². The van der Waals surface area contributed by atoms with Crippen LogP contribution in [0.25, 0.3) is 0 Å². The summed E-state index contributed by atoms with van der Waals surface area (Å²) < 4.78 is 4.97. The maximum Gasteiger partial charge on any atom is 0.365 e. The van der Waals surface area contributed by atoms with Gasteiger partial charge < -0.3 is 19.9 Å². The van der Waals surface area contributed by atoms with E-state index >= 15 is 0 Å². The van der Waals surface area contributed by atoms with Crippen LogP contribution in [0.2, 0.25) is 0 Å². The highest BCUT2D eigenvalue weighted by Gasteiger charge is 2.37. The van der Waals surface area contributed by atoms with Gasteiger partial charge in [0.25, 0.3) is 5.91 Å². The minimum Gasteiger partial charge on any atom is -0.465 e. The summed E-state index contributed by atoms with van der Waals surface area (Å²) in [4.78, 5) is 39.6. The number of carbonyl (C=O) groups is 3. The number of methoxy groups -OCH3 is 1. The van der Waals surface area contributed by atoms with Gasteiger partial charge in [-0.25, -0.2) is 4.79 Å². The Morgan fingerprint density at radius 2 is 1.77 bits per heavy atom. The van der Waals surface area contributed by atoms with Crippen molar-refractivity contribution in [2.24, 2.45) is 0 Å². The van der Waals surface area contributed by atoms with Gasteiger partial charge in [0.05, 0.1) is 13.7 Å². The SMILES string of the molecule is COC(=O)[C@@H]1Cc2ccccc2C[NH+]1CC(=O)N(C)CC(=O)Nc1ccc(C)cc1. The molecule has 1 unspecified atom stereocenters. The first-order valence-corrected chi connectivity index (χ1v) is 9.97. The molecular formula is C23H28N3O4+. The topological polar surface area (TPSA) is 80.2 Å². The Labute approximate surface area is 176 Å². The van der Waals surface area contributed by atoms with E-state index in [1.165, 1.54) is 12.0 Å². The summed E-state index contributed by atoms with van der Waals surface area (Å²) in [5.74, 6) is -0.789. The summed E-state index contributed by atoms with van der Waals surface area (Å²) in [5, 5.41) is 2.79. The van der Waals surface area contributed by atoms with Gasteiger partial charge in [0, 0.05) is 24.7 Å². The van der Waals surface area contributed by atoms with Gasteiger partial charge in [0.1, 0.15) is 6.54 Å². The van der Waals surface area contributed by atoms with Gasteiger partial charge in [-0.2, -0.15) is 0 Å². The van der Waals surface area contributed by atoms with Crippen molar-refractivity contribution in [1.29, 1.82) is 0 Å². The van der Waals surface area contributed by atoms with Crippen molar-refractivity contribution < 1.29 is 24.0 Å². The van der Waals surface area contributed by atoms with Crippen molar-refractivity contribution in [3.05, 3.63) is 65.2 Å². The van der Waals surface area contributed by atoms with Gasteiger partial charge in [-0.05, 0) is 24.6 Å². The highest BCUT2D eigenvalue weighted by molar-refractivity contribution is 5.94. The van der Waals surface area contributed by atoms with Crippen LogP contribution in [0, 0.1) is 6.92 Å². The van der Waals surface area contributed by atoms with E-state index < -0.39 is 6.04 Å². The summed E-state index contributed by atoms with van der Waals surface area (Å²) in [5.41, 5.74) is 4.03. The molecule has 1 aliphatic heterocycles. The molecule has 2 atom stereocenters. The third kappa shape index (κ3) is 5.24. The fourth-order valence-corrected chi connectivity index (χ4v) is 3.71. The molecule has 3 rings (SSSR count). The van der Waals surface area contributed by atoms with E-state index in [-0.39, 0.29) is 30.9 Å². The van der Waals surface area contributed by atoms with Crippen LogP contribution in [0.4, 0.5) is 5.69 Å². The number of carbonyl (C=O) groups excluding carboxylic acids is 3. The van der Waals surface area contributed by atoms with Gasteiger partial charge in [0.2, 0.25) is 5.91 Å². The molecule has 0 bridgehead atoms. The lowest BCUT2D eigenvalue weighted by molar-refractivity contribution is -0.925. The number of fused-ring (bicyclic) bond motifs is 1. The average Bonchev–Trinajstić information content (AvgIpc) is 2.74. The van der Waals surface area contributed by atoms with E-state index in [0.717, 1.165) is 21.6 Å². The summed E-state index contributed by atoms with van der Waals surface area (Å²) in [6.07, 6.45) is 0.531. The zero-order valence-corrected chi connectivity index (χ0v) is 17.6. The van der Waals surface area contributed by atoms with E-state index in [1.807, 2.05) is 55.5 Å². The molecule has 2 N–H and O–H groups in total. The molecule has 0 radical (unpaired) electrons. The molecule has 158 valence electrons. The number of hydrogen-bond donors (Lipinski definition) is 2. The highest BCUT2D eigenvalue weighted by atomic mass is 16.5. The van der Waals surface area contributed by atoms with E-state index in [2.05, 4.69) is 5.32 Å². The summed E-state index contributed by atoms with van der Waals surface area (Å²) in [6, 6.07) is 15.0. The Hall–Kier alpha value is -3.19. The zero-order valence-electron chi connectivity index (χ0n) is 17.6. The number of ether oxygens (including phenoxy) is 1. The maximum absolute atomic E-state index is 12.8. The number of aryl methyl sites for hydroxylation is 1. The number of nitrogens with one attached hydrogen (secondary N) is 2. The molecule has 2 aromatic carbocycles. The molecule has 7 nitrogen and oxygen atoms in total. The highest BCUT2D eigenvalue weighted by Crippen LogP contribution is 2.14. The largest absolute Gasteiger partial charge is 0.465 e. The van der Waals surface area contributed by atoms with E-state index in [9.17, 15) is 14.4 Å². The van der Waals surface area contributed by atoms with Crippen molar-refractivity contribution in [2.45, 2.75) is 25.9 Å². The maximum atomic E-state index is 12.8. The molecule has 0 spiro atoms. The van der Waals surface area contributed by atoms with Crippen molar-refractivity contribution in [3.63, 3.8) is 0 Å². The summed E-state index contributed by atoms with van der Waals surface area (Å²) >= 11 is 0. The Kier molecular flexibility index (Phi) is 6.84. The third-order valence-corrected chi connectivity index (χ3v) is 5.46. The van der Waals surface area contributed by atoms with Gasteiger partial charge in [-0.15, -0.1) is 0 Å². The second kappa shape index (κ2) is 9.54. The molecule has 0 aliphatic carbocycles. The van der Waals surface area contributed by atoms with Crippen LogP contribution in [0.3, 0.4) is 0 Å². The first-order valence-electron chi connectivity index (χ1n) is 9.97. The molecule has 30 heavy (non-hydrogen) atoms. The fraction of sp³-hybridized carbons (Fsp3) is 0.348. The van der Waals surface area contributed by atoms with Gasteiger partial charge in [-0.3, -0.25) is 9.59 Å². The monoisotopic (exact) mass is 410 g/mol. The fourth-order valence-electron chi connectivity index (χ4n) is 3.71. The first-order chi connectivity index (χ1) is 14.4. The number of quaternary nitrogens is 1. The minimum atomic E-state index is -0.441. The molecule has 2 aromatic rings. The Balaban J connectivity index is 1.62. The molecule has 0 saturated heterocycles. The number of esters is 1. The standard InChI is InChI=1S/C23H27N3O4/c1-16-8-10-19(11-9-16)24-21(27)14-25(2)22(28)15-26-13-18-7-5-4-6-17(18)12-20(26)23(29)30-3/h4-11,20H,12-15H2,1-3H3,(H,24,27)/p+1/t20-/m0/s1. The van der Waals surface area contributed by atoms with Crippen LogP contribution in [-0.4, -0.2) is 56.0 Å². The van der Waals surface area contributed by atoms with E-state index in [0.29, 0.717) is 18.7 Å². The van der Waals surface area contributed by atoms with E-state index in [1.54, 1.807) is 7.05 Å². The number of hydrogen-bond acceptors (Lipinski definition) is 4. The first kappa shape index (κ1) is 21.5. The van der Waals surface area contributed by atoms with Crippen LogP contribution in [0.5, 0.6) is 0 Å². The molecule has 2 amide bonds. The molecule has 0 aromatic heterocycles. The van der Waals surface area contributed by atoms with Crippen LogP contribution >= 0.6 is 0 Å². The number of amides is 2. The Morgan fingerprint density at radius 3 is 2.43 bits per heavy atom. The molecular weight excluding hydrogens is 382 g/mol. The lowest BCUT2D eigenvalue weighted by Gasteiger charge is -2.32. The zero-order chi connectivity index (χ0) is 21.7. The number of rotatable bonds is 6. The normalized spacial score (nSPS) is 17.6. The molecule has 7 heteroatoms. The van der Waals surface area contributed by atoms with Crippen LogP contribution in [0.1, 0.15) is 16.7 Å². The summed E-state index contributed by atoms with van der Waals surface area (Å²) in [6.45, 7) is 2.59. The van der Waals surface area contributed by atoms with E-state index in [4.69, 9.17) is 4.74 Å². The van der Waals surface area contributed by atoms with Crippen molar-refractivity contribution in [2.75, 3.05) is 32.6 Å². The lowest BCUT2D eigenvalue weighted by atomic mass is 9.94. The van der Waals surface area contributed by atoms with Crippen LogP contribution < -0.4 is 10.2 Å². The number of anilines is 1. The Bertz CT molecular complexity index is 926. The number of likely N-dealkylation sites (N-methyl/N-ethyl adjacent to an activating group) is 1. The molecule has 0 fully saturated rings. The molecule has 1 heterocycles. The second-order valence-corrected chi connectivity index (χ2v) is 7.72. The van der Waals surface area contributed by atoms with Crippen molar-refractivity contribution in [1.82, 2.24) is 4.90 Å².